The summed E-state index contributed by atoms with van der Waals surface area (Å²) in [6, 6.07) is 14.4. The molecule has 138 valence electrons. The number of urea groups is 1. The molecule has 0 aliphatic rings. The first-order valence-electron chi connectivity index (χ1n) is 8.37. The van der Waals surface area contributed by atoms with E-state index in [0.717, 1.165) is 11.1 Å². The Balaban J connectivity index is 1.72. The summed E-state index contributed by atoms with van der Waals surface area (Å²) in [5.41, 5.74) is 2.57. The molecule has 0 aliphatic carbocycles. The number of hydrogen-bond acceptors (Lipinski definition) is 4. The molecule has 0 spiro atoms. The molecule has 3 aromatic rings. The van der Waals surface area contributed by atoms with Gasteiger partial charge in [0.15, 0.2) is 0 Å². The van der Waals surface area contributed by atoms with Gasteiger partial charge in [-0.05, 0) is 31.2 Å². The van der Waals surface area contributed by atoms with Crippen molar-refractivity contribution in [1.29, 1.82) is 0 Å². The smallest absolute Gasteiger partial charge is 0.322 e. The second kappa shape index (κ2) is 8.51. The van der Waals surface area contributed by atoms with Crippen molar-refractivity contribution in [1.82, 2.24) is 15.0 Å². The molecular weight excluding hydrogens is 364 g/mol. The van der Waals surface area contributed by atoms with Crippen LogP contribution in [0.2, 0.25) is 5.02 Å². The van der Waals surface area contributed by atoms with Crippen LogP contribution in [0.25, 0.3) is 11.4 Å². The van der Waals surface area contributed by atoms with Crippen LogP contribution in [-0.4, -0.2) is 27.6 Å². The van der Waals surface area contributed by atoms with Crippen LogP contribution in [0.4, 0.5) is 10.5 Å². The van der Waals surface area contributed by atoms with E-state index >= 15 is 0 Å². The van der Waals surface area contributed by atoms with Crippen LogP contribution in [-0.2, 0) is 6.54 Å². The summed E-state index contributed by atoms with van der Waals surface area (Å²) in [5, 5.41) is 7.35. The van der Waals surface area contributed by atoms with E-state index in [1.807, 2.05) is 31.2 Å². The highest BCUT2D eigenvalue weighted by molar-refractivity contribution is 6.30. The first-order chi connectivity index (χ1) is 13.0. The zero-order valence-electron chi connectivity index (χ0n) is 14.9. The third kappa shape index (κ3) is 4.95. The summed E-state index contributed by atoms with van der Waals surface area (Å²) in [6.07, 6.45) is 1.63. The minimum atomic E-state index is -0.313. The molecule has 0 aliphatic heterocycles. The highest BCUT2D eigenvalue weighted by atomic mass is 35.5. The lowest BCUT2D eigenvalue weighted by molar-refractivity contribution is 0.206. The van der Waals surface area contributed by atoms with Crippen molar-refractivity contribution < 1.29 is 9.32 Å². The Bertz CT molecular complexity index is 954. The van der Waals surface area contributed by atoms with E-state index in [1.54, 1.807) is 30.3 Å². The maximum atomic E-state index is 12.6. The molecule has 2 aromatic carbocycles. The zero-order valence-corrected chi connectivity index (χ0v) is 15.6. The van der Waals surface area contributed by atoms with Gasteiger partial charge in [0, 0.05) is 22.8 Å². The predicted octanol–water partition coefficient (Wildman–Crippen LogP) is 4.92. The third-order valence-electron chi connectivity index (χ3n) is 3.78. The Labute approximate surface area is 162 Å². The Morgan fingerprint density at radius 3 is 2.85 bits per heavy atom. The standard InChI is InChI=1S/C20H19ClN4O2/c1-3-10-25(20(26)22-17-9-5-8-16(21)12-17)13-18-23-19(24-27-18)15-7-4-6-14(2)11-15/h3-9,11-12H,1,10,13H2,2H3,(H,22,26). The highest BCUT2D eigenvalue weighted by Crippen LogP contribution is 2.19. The predicted molar refractivity (Wildman–Crippen MR) is 106 cm³/mol. The Morgan fingerprint density at radius 2 is 2.11 bits per heavy atom. The van der Waals surface area contributed by atoms with Gasteiger partial charge in [0.25, 0.3) is 0 Å². The van der Waals surface area contributed by atoms with Gasteiger partial charge in [-0.2, -0.15) is 4.98 Å². The molecule has 2 amide bonds. The number of anilines is 1. The first-order valence-corrected chi connectivity index (χ1v) is 8.75. The highest BCUT2D eigenvalue weighted by Gasteiger charge is 2.17. The number of nitrogens with one attached hydrogen (secondary N) is 1. The summed E-state index contributed by atoms with van der Waals surface area (Å²) in [7, 11) is 0. The molecule has 27 heavy (non-hydrogen) atoms. The molecule has 0 bridgehead atoms. The zero-order chi connectivity index (χ0) is 19.2. The van der Waals surface area contributed by atoms with Crippen LogP contribution in [0.1, 0.15) is 11.5 Å². The molecule has 1 aromatic heterocycles. The Morgan fingerprint density at radius 1 is 1.30 bits per heavy atom. The topological polar surface area (TPSA) is 71.3 Å². The number of carbonyl (C=O) groups is 1. The minimum Gasteiger partial charge on any atom is -0.337 e. The number of aromatic nitrogens is 2. The third-order valence-corrected chi connectivity index (χ3v) is 4.02. The molecule has 3 rings (SSSR count). The van der Waals surface area contributed by atoms with Gasteiger partial charge in [-0.1, -0.05) is 52.7 Å². The van der Waals surface area contributed by atoms with E-state index < -0.39 is 0 Å². The number of halogens is 1. The van der Waals surface area contributed by atoms with E-state index in [1.165, 1.54) is 4.90 Å². The fourth-order valence-corrected chi connectivity index (χ4v) is 2.72. The molecule has 1 N–H and O–H groups in total. The molecule has 0 atom stereocenters. The van der Waals surface area contributed by atoms with Crippen LogP contribution in [0.5, 0.6) is 0 Å². The van der Waals surface area contributed by atoms with Crippen molar-refractivity contribution in [2.75, 3.05) is 11.9 Å². The molecule has 6 nitrogen and oxygen atoms in total. The maximum Gasteiger partial charge on any atom is 0.322 e. The quantitative estimate of drug-likeness (QED) is 0.614. The number of amides is 2. The minimum absolute atomic E-state index is 0.164. The molecule has 0 saturated heterocycles. The summed E-state index contributed by atoms with van der Waals surface area (Å²) >= 11 is 5.96. The Kier molecular flexibility index (Phi) is 5.88. The molecular formula is C20H19ClN4O2. The van der Waals surface area contributed by atoms with Crippen molar-refractivity contribution in [3.8, 4) is 11.4 Å². The van der Waals surface area contributed by atoms with Gasteiger partial charge in [-0.3, -0.25) is 0 Å². The fraction of sp³-hybridized carbons (Fsp3) is 0.150. The molecule has 7 heteroatoms. The lowest BCUT2D eigenvalue weighted by Crippen LogP contribution is -2.34. The molecule has 0 saturated carbocycles. The molecule has 1 heterocycles. The van der Waals surface area contributed by atoms with E-state index in [0.29, 0.717) is 29.0 Å². The monoisotopic (exact) mass is 382 g/mol. The normalized spacial score (nSPS) is 10.4. The van der Waals surface area contributed by atoms with Gasteiger partial charge in [0.1, 0.15) is 6.54 Å². The Hall–Kier alpha value is -3.12. The number of nitrogens with zero attached hydrogens (tertiary/aromatic N) is 3. The van der Waals surface area contributed by atoms with E-state index in [9.17, 15) is 4.79 Å². The van der Waals surface area contributed by atoms with Crippen molar-refractivity contribution in [3.63, 3.8) is 0 Å². The van der Waals surface area contributed by atoms with Gasteiger partial charge < -0.3 is 14.7 Å². The van der Waals surface area contributed by atoms with Crippen molar-refractivity contribution >= 4 is 23.3 Å². The largest absolute Gasteiger partial charge is 0.337 e. The lowest BCUT2D eigenvalue weighted by Gasteiger charge is -2.19. The summed E-state index contributed by atoms with van der Waals surface area (Å²) in [4.78, 5) is 18.5. The second-order valence-electron chi connectivity index (χ2n) is 5.99. The van der Waals surface area contributed by atoms with Crippen LogP contribution < -0.4 is 5.32 Å². The van der Waals surface area contributed by atoms with Crippen LogP contribution in [0, 0.1) is 6.92 Å². The van der Waals surface area contributed by atoms with Gasteiger partial charge in [-0.15, -0.1) is 6.58 Å². The first kappa shape index (κ1) is 18.7. The summed E-state index contributed by atoms with van der Waals surface area (Å²) in [6.45, 7) is 6.19. The molecule has 0 unspecified atom stereocenters. The number of hydrogen-bond donors (Lipinski definition) is 1. The summed E-state index contributed by atoms with van der Waals surface area (Å²) in [5.74, 6) is 0.831. The van der Waals surface area contributed by atoms with E-state index in [-0.39, 0.29) is 12.6 Å². The number of rotatable bonds is 6. The van der Waals surface area contributed by atoms with Gasteiger partial charge in [-0.25, -0.2) is 4.79 Å². The van der Waals surface area contributed by atoms with E-state index in [2.05, 4.69) is 22.0 Å². The van der Waals surface area contributed by atoms with Crippen molar-refractivity contribution in [2.24, 2.45) is 0 Å². The maximum absolute atomic E-state index is 12.6. The average Bonchev–Trinajstić information content (AvgIpc) is 3.10. The number of aryl methyl sites for hydroxylation is 1. The summed E-state index contributed by atoms with van der Waals surface area (Å²) < 4.78 is 5.32. The van der Waals surface area contributed by atoms with Gasteiger partial charge in [0.05, 0.1) is 0 Å². The van der Waals surface area contributed by atoms with Crippen molar-refractivity contribution in [2.45, 2.75) is 13.5 Å². The van der Waals surface area contributed by atoms with Crippen LogP contribution in [0.3, 0.4) is 0 Å². The lowest BCUT2D eigenvalue weighted by atomic mass is 10.1. The number of carbonyl (C=O) groups excluding carboxylic acids is 1. The van der Waals surface area contributed by atoms with Gasteiger partial charge in [0.2, 0.25) is 11.7 Å². The molecule has 0 fully saturated rings. The van der Waals surface area contributed by atoms with E-state index in [4.69, 9.17) is 16.1 Å². The molecule has 0 radical (unpaired) electrons. The second-order valence-corrected chi connectivity index (χ2v) is 6.43. The number of benzene rings is 2. The van der Waals surface area contributed by atoms with Crippen molar-refractivity contribution in [3.05, 3.63) is 77.7 Å². The fourth-order valence-electron chi connectivity index (χ4n) is 2.53. The SMILES string of the molecule is C=CCN(Cc1nc(-c2cccc(C)c2)no1)C(=O)Nc1cccc(Cl)c1. The van der Waals surface area contributed by atoms with Gasteiger partial charge >= 0.3 is 6.03 Å². The van der Waals surface area contributed by atoms with Crippen LogP contribution >= 0.6 is 11.6 Å². The average molecular weight is 383 g/mol. The van der Waals surface area contributed by atoms with Crippen LogP contribution in [0.15, 0.2) is 65.7 Å².